The molecule has 4 rings (SSSR count). The maximum Gasteiger partial charge on any atom is 0.258 e. The molecule has 0 radical (unpaired) electrons. The van der Waals surface area contributed by atoms with E-state index in [0.717, 1.165) is 11.3 Å². The molecule has 1 aliphatic heterocycles. The molecule has 0 bridgehead atoms. The van der Waals surface area contributed by atoms with Crippen LogP contribution in [0.3, 0.4) is 0 Å². The first kappa shape index (κ1) is 22.8. The summed E-state index contributed by atoms with van der Waals surface area (Å²) in [5.41, 5.74) is -1.30. The minimum atomic E-state index is -2.30. The lowest BCUT2D eigenvalue weighted by Gasteiger charge is -2.25. The number of fused-ring (bicyclic) bond motifs is 1. The summed E-state index contributed by atoms with van der Waals surface area (Å²) in [4.78, 5) is 33.3. The summed E-state index contributed by atoms with van der Waals surface area (Å²) in [6.07, 6.45) is -0.0859. The number of rotatable bonds is 6. The number of carbonyl (C=O) groups is 1. The van der Waals surface area contributed by atoms with E-state index in [4.69, 9.17) is 4.74 Å². The number of H-pyrrole nitrogens is 1. The highest BCUT2D eigenvalue weighted by Gasteiger charge is 2.30. The molecule has 1 atom stereocenters. The number of hydrogen-bond acceptors (Lipinski definition) is 4. The largest absolute Gasteiger partial charge is 0.376 e. The molecule has 1 unspecified atom stereocenters. The zero-order valence-corrected chi connectivity index (χ0v) is 17.1. The molecule has 3 aromatic rings. The van der Waals surface area contributed by atoms with E-state index < -0.39 is 52.5 Å². The summed E-state index contributed by atoms with van der Waals surface area (Å²) in [6.45, 7) is 0.203. The average Bonchev–Trinajstić information content (AvgIpc) is 3.32. The van der Waals surface area contributed by atoms with Gasteiger partial charge in [-0.1, -0.05) is 12.1 Å². The van der Waals surface area contributed by atoms with Crippen molar-refractivity contribution in [3.63, 3.8) is 0 Å². The number of aromatic nitrogens is 2. The zero-order valence-electron chi connectivity index (χ0n) is 17.1. The van der Waals surface area contributed by atoms with Crippen LogP contribution < -0.4 is 5.56 Å². The molecule has 1 saturated heterocycles. The highest BCUT2D eigenvalue weighted by atomic mass is 19.2. The Balaban J connectivity index is 1.65. The van der Waals surface area contributed by atoms with Crippen LogP contribution in [-0.2, 0) is 22.5 Å². The third-order valence-electron chi connectivity index (χ3n) is 5.43. The van der Waals surface area contributed by atoms with Crippen LogP contribution in [0.5, 0.6) is 0 Å². The molecule has 1 aromatic heterocycles. The minimum Gasteiger partial charge on any atom is -0.376 e. The lowest BCUT2D eigenvalue weighted by atomic mass is 10.1. The fraction of sp³-hybridized carbons (Fsp3) is 0.318. The molecule has 0 spiro atoms. The lowest BCUT2D eigenvalue weighted by molar-refractivity contribution is -0.133. The van der Waals surface area contributed by atoms with Crippen molar-refractivity contribution in [1.82, 2.24) is 14.9 Å². The molecule has 0 saturated carbocycles. The van der Waals surface area contributed by atoms with Gasteiger partial charge in [0.05, 0.1) is 30.0 Å². The van der Waals surface area contributed by atoms with Crippen LogP contribution in [0.25, 0.3) is 10.9 Å². The Labute approximate surface area is 184 Å². The number of halogens is 5. The van der Waals surface area contributed by atoms with Crippen molar-refractivity contribution in [1.29, 1.82) is 0 Å². The standard InChI is InChI=1S/C22H18F5N3O3/c23-17-13(18(24)20(26)21(27)19(17)25)8-16(31)30(9-11-4-3-7-33-11)10-15-28-14-6-2-1-5-12(14)22(32)29-15/h1-2,5-6,11H,3-4,7-10H2,(H,28,29,32). The molecule has 1 aliphatic rings. The van der Waals surface area contributed by atoms with Gasteiger partial charge in [-0.05, 0) is 25.0 Å². The average molecular weight is 467 g/mol. The van der Waals surface area contributed by atoms with Crippen LogP contribution in [0, 0.1) is 29.1 Å². The third-order valence-corrected chi connectivity index (χ3v) is 5.43. The molecule has 1 amide bonds. The lowest BCUT2D eigenvalue weighted by Crippen LogP contribution is -2.39. The number of amides is 1. The van der Waals surface area contributed by atoms with Crippen LogP contribution in [0.4, 0.5) is 22.0 Å². The van der Waals surface area contributed by atoms with Crippen molar-refractivity contribution >= 4 is 16.8 Å². The van der Waals surface area contributed by atoms with Gasteiger partial charge in [-0.3, -0.25) is 9.59 Å². The summed E-state index contributed by atoms with van der Waals surface area (Å²) in [5.74, 6) is -11.5. The Morgan fingerprint density at radius 3 is 2.39 bits per heavy atom. The van der Waals surface area contributed by atoms with Crippen LogP contribution in [0.2, 0.25) is 0 Å². The predicted octanol–water partition coefficient (Wildman–Crippen LogP) is 3.37. The van der Waals surface area contributed by atoms with Gasteiger partial charge < -0.3 is 14.6 Å². The van der Waals surface area contributed by atoms with Crippen molar-refractivity contribution in [2.45, 2.75) is 31.9 Å². The summed E-state index contributed by atoms with van der Waals surface area (Å²) in [5, 5.41) is 0.333. The van der Waals surface area contributed by atoms with Crippen LogP contribution in [0.1, 0.15) is 24.2 Å². The number of carbonyl (C=O) groups excluding carboxylic acids is 1. The Morgan fingerprint density at radius 2 is 1.73 bits per heavy atom. The number of ether oxygens (including phenoxy) is 1. The van der Waals surface area contributed by atoms with E-state index in [1.807, 2.05) is 0 Å². The summed E-state index contributed by atoms with van der Waals surface area (Å²) in [7, 11) is 0. The molecular weight excluding hydrogens is 449 g/mol. The molecular formula is C22H18F5N3O3. The van der Waals surface area contributed by atoms with E-state index in [1.165, 1.54) is 0 Å². The minimum absolute atomic E-state index is 0.00916. The monoisotopic (exact) mass is 467 g/mol. The molecule has 0 aliphatic carbocycles. The van der Waals surface area contributed by atoms with E-state index >= 15 is 0 Å². The molecule has 6 nitrogen and oxygen atoms in total. The number of benzene rings is 2. The maximum atomic E-state index is 14.1. The van der Waals surface area contributed by atoms with E-state index in [0.29, 0.717) is 23.9 Å². The van der Waals surface area contributed by atoms with Gasteiger partial charge in [-0.2, -0.15) is 0 Å². The Morgan fingerprint density at radius 1 is 1.06 bits per heavy atom. The zero-order chi connectivity index (χ0) is 23.7. The second kappa shape index (κ2) is 9.26. The van der Waals surface area contributed by atoms with Gasteiger partial charge in [0, 0.05) is 18.7 Å². The summed E-state index contributed by atoms with van der Waals surface area (Å²) in [6, 6.07) is 6.52. The van der Waals surface area contributed by atoms with E-state index in [2.05, 4.69) is 9.97 Å². The van der Waals surface area contributed by atoms with E-state index in [1.54, 1.807) is 24.3 Å². The van der Waals surface area contributed by atoms with E-state index in [9.17, 15) is 31.5 Å². The Hall–Kier alpha value is -3.34. The van der Waals surface area contributed by atoms with Crippen molar-refractivity contribution in [3.05, 3.63) is 75.1 Å². The normalized spacial score (nSPS) is 15.8. The van der Waals surface area contributed by atoms with Crippen molar-refractivity contribution in [2.75, 3.05) is 13.2 Å². The van der Waals surface area contributed by atoms with Gasteiger partial charge in [0.15, 0.2) is 23.3 Å². The van der Waals surface area contributed by atoms with Gasteiger partial charge in [0.25, 0.3) is 5.56 Å². The van der Waals surface area contributed by atoms with Crippen LogP contribution in [0.15, 0.2) is 29.1 Å². The predicted molar refractivity (Wildman–Crippen MR) is 107 cm³/mol. The Bertz CT molecular complexity index is 1250. The van der Waals surface area contributed by atoms with Gasteiger partial charge in [0.1, 0.15) is 5.82 Å². The van der Waals surface area contributed by atoms with Crippen molar-refractivity contribution < 1.29 is 31.5 Å². The van der Waals surface area contributed by atoms with Crippen molar-refractivity contribution in [2.24, 2.45) is 0 Å². The van der Waals surface area contributed by atoms with Gasteiger partial charge in [-0.15, -0.1) is 0 Å². The fourth-order valence-corrected chi connectivity index (χ4v) is 3.75. The number of nitrogens with zero attached hydrogens (tertiary/aromatic N) is 2. The molecule has 2 heterocycles. The second-order valence-corrected chi connectivity index (χ2v) is 7.66. The smallest absolute Gasteiger partial charge is 0.258 e. The molecule has 174 valence electrons. The summed E-state index contributed by atoms with van der Waals surface area (Å²) < 4.78 is 74.2. The number of para-hydroxylation sites is 1. The van der Waals surface area contributed by atoms with Crippen molar-refractivity contribution in [3.8, 4) is 0 Å². The van der Waals surface area contributed by atoms with Gasteiger partial charge in [-0.25, -0.2) is 26.9 Å². The first-order valence-electron chi connectivity index (χ1n) is 10.1. The van der Waals surface area contributed by atoms with Gasteiger partial charge in [0.2, 0.25) is 11.7 Å². The molecule has 1 N–H and O–H groups in total. The fourth-order valence-electron chi connectivity index (χ4n) is 3.75. The number of nitrogens with one attached hydrogen (secondary N) is 1. The van der Waals surface area contributed by atoms with Gasteiger partial charge >= 0.3 is 0 Å². The maximum absolute atomic E-state index is 14.1. The second-order valence-electron chi connectivity index (χ2n) is 7.66. The Kier molecular flexibility index (Phi) is 6.41. The third kappa shape index (κ3) is 4.58. The summed E-state index contributed by atoms with van der Waals surface area (Å²) >= 11 is 0. The molecule has 11 heteroatoms. The van der Waals surface area contributed by atoms with Crippen LogP contribution in [-0.4, -0.2) is 40.0 Å². The molecule has 1 fully saturated rings. The van der Waals surface area contributed by atoms with E-state index in [-0.39, 0.29) is 25.0 Å². The number of hydrogen-bond donors (Lipinski definition) is 1. The van der Waals surface area contributed by atoms with Crippen LogP contribution >= 0.6 is 0 Å². The first-order chi connectivity index (χ1) is 15.8. The highest BCUT2D eigenvalue weighted by molar-refractivity contribution is 5.79. The topological polar surface area (TPSA) is 75.3 Å². The quantitative estimate of drug-likeness (QED) is 0.343. The first-order valence-corrected chi connectivity index (χ1v) is 10.1. The highest BCUT2D eigenvalue weighted by Crippen LogP contribution is 2.24. The number of aromatic amines is 1. The molecule has 2 aromatic carbocycles. The SMILES string of the molecule is O=C(Cc1c(F)c(F)c(F)c(F)c1F)N(Cc1nc2ccccc2c(=O)[nH]1)CC1CCCO1. The molecule has 33 heavy (non-hydrogen) atoms.